The highest BCUT2D eigenvalue weighted by molar-refractivity contribution is 5.93. The summed E-state index contributed by atoms with van der Waals surface area (Å²) < 4.78 is 0. The van der Waals surface area contributed by atoms with E-state index in [4.69, 9.17) is 5.73 Å². The van der Waals surface area contributed by atoms with Crippen LogP contribution in [0.3, 0.4) is 0 Å². The predicted molar refractivity (Wildman–Crippen MR) is 115 cm³/mol. The third-order valence-electron chi connectivity index (χ3n) is 5.22. The van der Waals surface area contributed by atoms with Crippen LogP contribution in [-0.4, -0.2) is 60.1 Å². The number of nitrogens with zero attached hydrogens (tertiary/aromatic N) is 6. The molecule has 0 spiro atoms. The number of aromatic nitrogens is 3. The van der Waals surface area contributed by atoms with Gasteiger partial charge in [-0.2, -0.15) is 0 Å². The molecule has 1 aliphatic heterocycles. The van der Waals surface area contributed by atoms with Gasteiger partial charge in [0.2, 0.25) is 0 Å². The van der Waals surface area contributed by atoms with Crippen LogP contribution >= 0.6 is 0 Å². The fourth-order valence-electron chi connectivity index (χ4n) is 3.71. The summed E-state index contributed by atoms with van der Waals surface area (Å²) >= 11 is 0. The van der Waals surface area contributed by atoms with Crippen molar-refractivity contribution in [3.8, 4) is 0 Å². The molecule has 0 aliphatic carbocycles. The van der Waals surface area contributed by atoms with Crippen molar-refractivity contribution in [2.75, 3.05) is 55.8 Å². The van der Waals surface area contributed by atoms with E-state index in [9.17, 15) is 0 Å². The number of hydrogen-bond acceptors (Lipinski definition) is 7. The number of anilines is 3. The Hall–Kier alpha value is -2.93. The smallest absolute Gasteiger partial charge is 0.132 e. The van der Waals surface area contributed by atoms with Crippen LogP contribution in [0.1, 0.15) is 11.5 Å². The molecule has 0 amide bonds. The van der Waals surface area contributed by atoms with E-state index < -0.39 is 0 Å². The van der Waals surface area contributed by atoms with Crippen molar-refractivity contribution in [1.29, 1.82) is 0 Å². The molecular formula is C21H27N7. The first-order valence-corrected chi connectivity index (χ1v) is 9.63. The minimum absolute atomic E-state index is 0.666. The number of rotatable bonds is 4. The molecular weight excluding hydrogens is 350 g/mol. The topological polar surface area (TPSA) is 74.4 Å². The normalized spacial score (nSPS) is 15.2. The van der Waals surface area contributed by atoms with Crippen molar-refractivity contribution >= 4 is 28.1 Å². The van der Waals surface area contributed by atoms with E-state index in [0.29, 0.717) is 6.54 Å². The number of hydrogen-bond donors (Lipinski definition) is 1. The summed E-state index contributed by atoms with van der Waals surface area (Å²) in [5, 5.41) is 1.04. The largest absolute Gasteiger partial charge is 0.399 e. The van der Waals surface area contributed by atoms with Gasteiger partial charge in [0.15, 0.2) is 0 Å². The summed E-state index contributed by atoms with van der Waals surface area (Å²) in [6.07, 6.45) is 1.82. The third-order valence-corrected chi connectivity index (χ3v) is 5.22. The van der Waals surface area contributed by atoms with E-state index in [-0.39, 0.29) is 0 Å². The lowest BCUT2D eigenvalue weighted by molar-refractivity contribution is 0.312. The number of aryl methyl sites for hydroxylation is 1. The molecule has 0 radical (unpaired) electrons. The molecule has 1 fully saturated rings. The van der Waals surface area contributed by atoms with Crippen LogP contribution in [0.25, 0.3) is 10.9 Å². The molecule has 0 atom stereocenters. The SMILES string of the molecule is Cc1nc(CN(C)c2cc(N)cc3cccnc23)cc(N2CCN(C)CC2)n1. The summed E-state index contributed by atoms with van der Waals surface area (Å²) in [6, 6.07) is 10.0. The molecule has 0 unspecified atom stereocenters. The van der Waals surface area contributed by atoms with Crippen molar-refractivity contribution in [2.24, 2.45) is 0 Å². The number of piperazine rings is 1. The monoisotopic (exact) mass is 377 g/mol. The van der Waals surface area contributed by atoms with Crippen molar-refractivity contribution in [3.63, 3.8) is 0 Å². The first kappa shape index (κ1) is 18.4. The van der Waals surface area contributed by atoms with Gasteiger partial charge < -0.3 is 20.4 Å². The summed E-state index contributed by atoms with van der Waals surface area (Å²) in [6.45, 7) is 6.72. The Balaban J connectivity index is 1.61. The van der Waals surface area contributed by atoms with Gasteiger partial charge in [0.1, 0.15) is 11.6 Å². The van der Waals surface area contributed by atoms with Gasteiger partial charge in [0, 0.05) is 56.6 Å². The average molecular weight is 377 g/mol. The molecule has 7 heteroatoms. The van der Waals surface area contributed by atoms with Gasteiger partial charge in [-0.05, 0) is 32.2 Å². The highest BCUT2D eigenvalue weighted by Gasteiger charge is 2.17. The molecule has 1 aliphatic rings. The minimum Gasteiger partial charge on any atom is -0.399 e. The lowest BCUT2D eigenvalue weighted by Gasteiger charge is -2.33. The van der Waals surface area contributed by atoms with Crippen LogP contribution in [-0.2, 0) is 6.54 Å². The molecule has 7 nitrogen and oxygen atoms in total. The van der Waals surface area contributed by atoms with Crippen LogP contribution in [0, 0.1) is 6.92 Å². The molecule has 0 saturated carbocycles. The molecule has 3 heterocycles. The number of benzene rings is 1. The number of likely N-dealkylation sites (N-methyl/N-ethyl adjacent to an activating group) is 1. The molecule has 0 bridgehead atoms. The van der Waals surface area contributed by atoms with Gasteiger partial charge in [0.25, 0.3) is 0 Å². The highest BCUT2D eigenvalue weighted by atomic mass is 15.3. The zero-order chi connectivity index (χ0) is 19.7. The van der Waals surface area contributed by atoms with Crippen LogP contribution in [0.5, 0.6) is 0 Å². The minimum atomic E-state index is 0.666. The molecule has 1 aromatic carbocycles. The number of nitrogens with two attached hydrogens (primary N) is 1. The van der Waals surface area contributed by atoms with Crippen molar-refractivity contribution in [1.82, 2.24) is 19.9 Å². The zero-order valence-corrected chi connectivity index (χ0v) is 16.8. The fourth-order valence-corrected chi connectivity index (χ4v) is 3.71. The summed E-state index contributed by atoms with van der Waals surface area (Å²) in [7, 11) is 4.21. The maximum atomic E-state index is 6.12. The Morgan fingerprint density at radius 3 is 2.68 bits per heavy atom. The maximum absolute atomic E-state index is 6.12. The highest BCUT2D eigenvalue weighted by Crippen LogP contribution is 2.28. The standard InChI is InChI=1S/C21H27N7/c1-15-24-18(13-20(25-15)28-9-7-26(2)8-10-28)14-27(3)19-12-17(22)11-16-5-4-6-23-21(16)19/h4-6,11-13H,7-10,14,22H2,1-3H3. The second-order valence-corrected chi connectivity index (χ2v) is 7.53. The van der Waals surface area contributed by atoms with Gasteiger partial charge in [-0.25, -0.2) is 9.97 Å². The fraction of sp³-hybridized carbons (Fsp3) is 0.381. The van der Waals surface area contributed by atoms with Crippen molar-refractivity contribution in [3.05, 3.63) is 48.0 Å². The molecule has 28 heavy (non-hydrogen) atoms. The Morgan fingerprint density at radius 1 is 1.11 bits per heavy atom. The van der Waals surface area contributed by atoms with Gasteiger partial charge in [-0.15, -0.1) is 0 Å². The van der Waals surface area contributed by atoms with E-state index >= 15 is 0 Å². The number of nitrogen functional groups attached to an aromatic ring is 1. The molecule has 4 rings (SSSR count). The Morgan fingerprint density at radius 2 is 1.89 bits per heavy atom. The zero-order valence-electron chi connectivity index (χ0n) is 16.8. The second kappa shape index (κ2) is 7.59. The van der Waals surface area contributed by atoms with E-state index in [1.165, 1.54) is 0 Å². The summed E-state index contributed by atoms with van der Waals surface area (Å²) in [4.78, 5) is 20.7. The molecule has 3 aromatic rings. The lowest BCUT2D eigenvalue weighted by atomic mass is 10.1. The maximum Gasteiger partial charge on any atom is 0.132 e. The third kappa shape index (κ3) is 3.84. The van der Waals surface area contributed by atoms with E-state index in [2.05, 4.69) is 49.8 Å². The quantitative estimate of drug-likeness (QED) is 0.699. The van der Waals surface area contributed by atoms with Crippen molar-refractivity contribution < 1.29 is 0 Å². The molecule has 2 aromatic heterocycles. The first-order valence-electron chi connectivity index (χ1n) is 9.63. The molecule has 2 N–H and O–H groups in total. The lowest BCUT2D eigenvalue weighted by Crippen LogP contribution is -2.45. The predicted octanol–water partition coefficient (Wildman–Crippen LogP) is 2.30. The molecule has 146 valence electrons. The van der Waals surface area contributed by atoms with Crippen LogP contribution in [0.2, 0.25) is 0 Å². The summed E-state index contributed by atoms with van der Waals surface area (Å²) in [5.41, 5.74) is 9.81. The van der Waals surface area contributed by atoms with Gasteiger partial charge in [0.05, 0.1) is 23.4 Å². The Kier molecular flexibility index (Phi) is 5.00. The van der Waals surface area contributed by atoms with E-state index in [1.54, 1.807) is 0 Å². The van der Waals surface area contributed by atoms with Crippen LogP contribution < -0.4 is 15.5 Å². The van der Waals surface area contributed by atoms with Crippen LogP contribution in [0.4, 0.5) is 17.2 Å². The number of fused-ring (bicyclic) bond motifs is 1. The van der Waals surface area contributed by atoms with E-state index in [0.717, 1.165) is 65.8 Å². The van der Waals surface area contributed by atoms with Crippen LogP contribution in [0.15, 0.2) is 36.5 Å². The van der Waals surface area contributed by atoms with E-state index in [1.807, 2.05) is 37.4 Å². The Bertz CT molecular complexity index is 980. The Labute approximate surface area is 165 Å². The summed E-state index contributed by atoms with van der Waals surface area (Å²) in [5.74, 6) is 1.81. The van der Waals surface area contributed by atoms with Gasteiger partial charge >= 0.3 is 0 Å². The number of pyridine rings is 1. The molecule has 1 saturated heterocycles. The second-order valence-electron chi connectivity index (χ2n) is 7.53. The average Bonchev–Trinajstić information content (AvgIpc) is 2.67. The first-order chi connectivity index (χ1) is 13.5. The van der Waals surface area contributed by atoms with Crippen molar-refractivity contribution in [2.45, 2.75) is 13.5 Å². The van der Waals surface area contributed by atoms with Gasteiger partial charge in [-0.3, -0.25) is 4.98 Å². The van der Waals surface area contributed by atoms with Gasteiger partial charge in [-0.1, -0.05) is 6.07 Å².